The molecule has 5 nitrogen and oxygen atoms in total. The van der Waals surface area contributed by atoms with Gasteiger partial charge in [0.2, 0.25) is 5.91 Å². The van der Waals surface area contributed by atoms with E-state index in [1.165, 1.54) is 5.01 Å². The number of nitrogens with one attached hydrogen (secondary N) is 1. The van der Waals surface area contributed by atoms with Crippen LogP contribution in [0.15, 0.2) is 0 Å². The van der Waals surface area contributed by atoms with Crippen molar-refractivity contribution in [3.8, 4) is 0 Å². The molecule has 1 rings (SSSR count). The van der Waals surface area contributed by atoms with Crippen molar-refractivity contribution < 1.29 is 14.3 Å². The van der Waals surface area contributed by atoms with Crippen LogP contribution < -0.4 is 5.43 Å². The predicted octanol–water partition coefficient (Wildman–Crippen LogP) is 0.126. The number of hydrazine groups is 1. The van der Waals surface area contributed by atoms with E-state index >= 15 is 0 Å². The maximum Gasteiger partial charge on any atom is 0.428 e. The summed E-state index contributed by atoms with van der Waals surface area (Å²) in [6, 6.07) is 0. The minimum absolute atomic E-state index is 0.126. The number of carbonyl (C=O) groups is 2. The molecule has 0 radical (unpaired) electrons. The summed E-state index contributed by atoms with van der Waals surface area (Å²) in [6.45, 7) is 4.29. The first-order valence-corrected chi connectivity index (χ1v) is 3.86. The molecule has 1 saturated heterocycles. The second-order valence-electron chi connectivity index (χ2n) is 2.90. The van der Waals surface area contributed by atoms with Gasteiger partial charge in [-0.3, -0.25) is 10.2 Å². The molecule has 0 aromatic rings. The Balaban J connectivity index is 2.40. The third-order valence-corrected chi connectivity index (χ3v) is 1.53. The molecule has 0 aromatic heterocycles. The highest BCUT2D eigenvalue weighted by atomic mass is 16.6. The lowest BCUT2D eigenvalue weighted by Crippen LogP contribution is -2.44. The van der Waals surface area contributed by atoms with Crippen molar-refractivity contribution in [2.24, 2.45) is 5.92 Å². The summed E-state index contributed by atoms with van der Waals surface area (Å²) in [5.74, 6) is -0.299. The molecular formula is C7H12N2O3. The smallest absolute Gasteiger partial charge is 0.428 e. The van der Waals surface area contributed by atoms with Gasteiger partial charge in [0.25, 0.3) is 0 Å². The fraction of sp³-hybridized carbons (Fsp3) is 0.714. The van der Waals surface area contributed by atoms with Crippen LogP contribution in [-0.4, -0.2) is 30.2 Å². The number of ether oxygens (including phenoxy) is 1. The van der Waals surface area contributed by atoms with Crippen LogP contribution in [0.4, 0.5) is 4.79 Å². The standard InChI is InChI=1S/C7H12N2O3/c1-5(2)6(10)8-9-3-4-12-7(9)11/h5H,3-4H2,1-2H3,(H,8,10). The van der Waals surface area contributed by atoms with Gasteiger partial charge in [0.15, 0.2) is 0 Å². The van der Waals surface area contributed by atoms with E-state index in [4.69, 9.17) is 0 Å². The van der Waals surface area contributed by atoms with Crippen LogP contribution in [0.5, 0.6) is 0 Å². The maximum atomic E-state index is 11.1. The van der Waals surface area contributed by atoms with Crippen LogP contribution in [0.3, 0.4) is 0 Å². The molecule has 1 N–H and O–H groups in total. The van der Waals surface area contributed by atoms with Crippen molar-refractivity contribution in [1.29, 1.82) is 0 Å². The summed E-state index contributed by atoms with van der Waals surface area (Å²) >= 11 is 0. The van der Waals surface area contributed by atoms with Gasteiger partial charge in [-0.15, -0.1) is 0 Å². The Labute approximate surface area is 70.6 Å². The molecule has 0 atom stereocenters. The Morgan fingerprint density at radius 1 is 1.67 bits per heavy atom. The Kier molecular flexibility index (Phi) is 2.52. The normalized spacial score (nSPS) is 16.6. The maximum absolute atomic E-state index is 11.1. The van der Waals surface area contributed by atoms with E-state index in [1.54, 1.807) is 13.8 Å². The summed E-state index contributed by atoms with van der Waals surface area (Å²) < 4.78 is 4.62. The summed E-state index contributed by atoms with van der Waals surface area (Å²) in [6.07, 6.45) is -0.482. The molecule has 2 amide bonds. The first-order chi connectivity index (χ1) is 5.61. The van der Waals surface area contributed by atoms with E-state index in [2.05, 4.69) is 10.2 Å². The van der Waals surface area contributed by atoms with E-state index in [0.29, 0.717) is 13.2 Å². The Morgan fingerprint density at radius 2 is 2.33 bits per heavy atom. The van der Waals surface area contributed by atoms with E-state index < -0.39 is 6.09 Å². The molecule has 0 unspecified atom stereocenters. The zero-order chi connectivity index (χ0) is 9.14. The SMILES string of the molecule is CC(C)C(=O)NN1CCOC1=O. The average Bonchev–Trinajstić information content (AvgIpc) is 2.36. The molecule has 12 heavy (non-hydrogen) atoms. The van der Waals surface area contributed by atoms with Crippen molar-refractivity contribution in [3.05, 3.63) is 0 Å². The molecule has 0 saturated carbocycles. The van der Waals surface area contributed by atoms with Crippen LogP contribution in [0.25, 0.3) is 0 Å². The average molecular weight is 172 g/mol. The number of hydrogen-bond donors (Lipinski definition) is 1. The van der Waals surface area contributed by atoms with Crippen LogP contribution in [0.2, 0.25) is 0 Å². The monoisotopic (exact) mass is 172 g/mol. The van der Waals surface area contributed by atoms with Gasteiger partial charge >= 0.3 is 6.09 Å². The lowest BCUT2D eigenvalue weighted by Gasteiger charge is -2.15. The summed E-state index contributed by atoms with van der Waals surface area (Å²) in [5.41, 5.74) is 2.45. The van der Waals surface area contributed by atoms with Gasteiger partial charge in [0, 0.05) is 5.92 Å². The molecule has 0 spiro atoms. The topological polar surface area (TPSA) is 58.6 Å². The molecule has 1 fully saturated rings. The quantitative estimate of drug-likeness (QED) is 0.643. The fourth-order valence-electron chi connectivity index (χ4n) is 0.757. The first kappa shape index (κ1) is 8.83. The van der Waals surface area contributed by atoms with Crippen molar-refractivity contribution >= 4 is 12.0 Å². The molecule has 5 heteroatoms. The Morgan fingerprint density at radius 3 is 2.75 bits per heavy atom. The number of nitrogens with zero attached hydrogens (tertiary/aromatic N) is 1. The van der Waals surface area contributed by atoms with Crippen LogP contribution in [0.1, 0.15) is 13.8 Å². The summed E-state index contributed by atoms with van der Waals surface area (Å²) in [5, 5.41) is 1.18. The number of cyclic esters (lactones) is 1. The second-order valence-corrected chi connectivity index (χ2v) is 2.90. The third kappa shape index (κ3) is 1.87. The first-order valence-electron chi connectivity index (χ1n) is 3.86. The molecular weight excluding hydrogens is 160 g/mol. The lowest BCUT2D eigenvalue weighted by molar-refractivity contribution is -0.127. The zero-order valence-electron chi connectivity index (χ0n) is 7.16. The van der Waals surface area contributed by atoms with Crippen molar-refractivity contribution in [2.45, 2.75) is 13.8 Å². The van der Waals surface area contributed by atoms with Crippen molar-refractivity contribution in [1.82, 2.24) is 10.4 Å². The van der Waals surface area contributed by atoms with Gasteiger partial charge in [-0.05, 0) is 0 Å². The molecule has 68 valence electrons. The minimum atomic E-state index is -0.482. The Bertz CT molecular complexity index is 203. The van der Waals surface area contributed by atoms with Gasteiger partial charge in [-0.25, -0.2) is 9.80 Å². The second kappa shape index (κ2) is 3.42. The van der Waals surface area contributed by atoms with Gasteiger partial charge in [0.1, 0.15) is 6.61 Å². The van der Waals surface area contributed by atoms with Crippen LogP contribution >= 0.6 is 0 Å². The number of rotatable bonds is 2. The zero-order valence-corrected chi connectivity index (χ0v) is 7.16. The van der Waals surface area contributed by atoms with Crippen molar-refractivity contribution in [2.75, 3.05) is 13.2 Å². The fourth-order valence-corrected chi connectivity index (χ4v) is 0.757. The van der Waals surface area contributed by atoms with Gasteiger partial charge < -0.3 is 4.74 Å². The highest BCUT2D eigenvalue weighted by Gasteiger charge is 2.24. The Hall–Kier alpha value is -1.26. The molecule has 1 aliphatic heterocycles. The van der Waals surface area contributed by atoms with E-state index in [1.807, 2.05) is 0 Å². The van der Waals surface area contributed by atoms with Crippen LogP contribution in [0, 0.1) is 5.92 Å². The molecule has 0 bridgehead atoms. The molecule has 0 aliphatic carbocycles. The summed E-state index contributed by atoms with van der Waals surface area (Å²) in [4.78, 5) is 21.9. The number of amides is 2. The summed E-state index contributed by atoms with van der Waals surface area (Å²) in [7, 11) is 0. The van der Waals surface area contributed by atoms with E-state index in [9.17, 15) is 9.59 Å². The predicted molar refractivity (Wildman–Crippen MR) is 41.0 cm³/mol. The van der Waals surface area contributed by atoms with Crippen LogP contribution in [-0.2, 0) is 9.53 Å². The largest absolute Gasteiger partial charge is 0.446 e. The van der Waals surface area contributed by atoms with E-state index in [0.717, 1.165) is 0 Å². The van der Waals surface area contributed by atoms with E-state index in [-0.39, 0.29) is 11.8 Å². The molecule has 1 heterocycles. The highest BCUT2D eigenvalue weighted by Crippen LogP contribution is 2.00. The van der Waals surface area contributed by atoms with Gasteiger partial charge in [-0.1, -0.05) is 13.8 Å². The third-order valence-electron chi connectivity index (χ3n) is 1.53. The molecule has 0 aromatic carbocycles. The number of hydrogen-bond acceptors (Lipinski definition) is 3. The highest BCUT2D eigenvalue weighted by molar-refractivity contribution is 5.81. The minimum Gasteiger partial charge on any atom is -0.446 e. The lowest BCUT2D eigenvalue weighted by atomic mass is 10.2. The van der Waals surface area contributed by atoms with Crippen molar-refractivity contribution in [3.63, 3.8) is 0 Å². The van der Waals surface area contributed by atoms with Gasteiger partial charge in [0.05, 0.1) is 6.54 Å². The van der Waals surface area contributed by atoms with Gasteiger partial charge in [-0.2, -0.15) is 0 Å². The number of carbonyl (C=O) groups excluding carboxylic acids is 2. The molecule has 1 aliphatic rings.